The Balaban J connectivity index is 1.98. The van der Waals surface area contributed by atoms with Crippen LogP contribution in [0.3, 0.4) is 0 Å². The Morgan fingerprint density at radius 1 is 1.21 bits per heavy atom. The normalized spacial score (nSPS) is 15.3. The standard InChI is InChI=1S/C19H14ClFN4O2S/c1-10(26)25-15-8-5-12(20)9-14(15)16-17(22-19(28-2)24-23-16)27-18(25)11-3-6-13(21)7-4-11/h3-9,18H,1-2H3/t18-/m1/s1. The number of carbonyl (C=O) groups is 1. The fourth-order valence-corrected chi connectivity index (χ4v) is 3.48. The fraction of sp³-hybridized carbons (Fsp3) is 0.158. The van der Waals surface area contributed by atoms with Gasteiger partial charge >= 0.3 is 0 Å². The minimum atomic E-state index is -0.856. The molecule has 1 atom stereocenters. The van der Waals surface area contributed by atoms with Crippen LogP contribution in [0.4, 0.5) is 10.1 Å². The molecule has 1 aromatic heterocycles. The van der Waals surface area contributed by atoms with Crippen molar-refractivity contribution >= 4 is 35.0 Å². The van der Waals surface area contributed by atoms with Crippen LogP contribution in [-0.2, 0) is 4.79 Å². The highest BCUT2D eigenvalue weighted by molar-refractivity contribution is 7.98. The van der Waals surface area contributed by atoms with Gasteiger partial charge in [-0.15, -0.1) is 10.2 Å². The van der Waals surface area contributed by atoms with Gasteiger partial charge in [-0.2, -0.15) is 4.98 Å². The van der Waals surface area contributed by atoms with Crippen molar-refractivity contribution in [1.82, 2.24) is 15.2 Å². The number of amides is 1. The fourth-order valence-electron chi connectivity index (χ4n) is 3.01. The number of rotatable bonds is 2. The third kappa shape index (κ3) is 3.29. The molecule has 0 unspecified atom stereocenters. The average molecular weight is 417 g/mol. The molecule has 0 spiro atoms. The second kappa shape index (κ2) is 7.37. The predicted octanol–water partition coefficient (Wildman–Crippen LogP) is 4.50. The number of nitrogens with zero attached hydrogens (tertiary/aromatic N) is 4. The van der Waals surface area contributed by atoms with Gasteiger partial charge < -0.3 is 4.74 Å². The van der Waals surface area contributed by atoms with Gasteiger partial charge in [0.25, 0.3) is 0 Å². The average Bonchev–Trinajstić information content (AvgIpc) is 2.82. The Morgan fingerprint density at radius 3 is 2.64 bits per heavy atom. The molecule has 4 rings (SSSR count). The number of hydrogen-bond donors (Lipinski definition) is 0. The number of ether oxygens (including phenoxy) is 1. The molecule has 0 fully saturated rings. The summed E-state index contributed by atoms with van der Waals surface area (Å²) in [7, 11) is 0. The van der Waals surface area contributed by atoms with Crippen molar-refractivity contribution in [2.24, 2.45) is 0 Å². The van der Waals surface area contributed by atoms with E-state index in [2.05, 4.69) is 15.2 Å². The van der Waals surface area contributed by atoms with Gasteiger partial charge in [-0.25, -0.2) is 4.39 Å². The Hall–Kier alpha value is -2.71. The molecular weight excluding hydrogens is 403 g/mol. The molecule has 0 aliphatic carbocycles. The van der Waals surface area contributed by atoms with Gasteiger partial charge in [0.15, 0.2) is 5.69 Å². The van der Waals surface area contributed by atoms with E-state index in [0.717, 1.165) is 0 Å². The van der Waals surface area contributed by atoms with Crippen LogP contribution < -0.4 is 9.64 Å². The van der Waals surface area contributed by atoms with E-state index in [0.29, 0.717) is 32.7 Å². The maximum Gasteiger partial charge on any atom is 0.247 e. The van der Waals surface area contributed by atoms with E-state index in [9.17, 15) is 9.18 Å². The van der Waals surface area contributed by atoms with E-state index in [1.165, 1.54) is 35.7 Å². The van der Waals surface area contributed by atoms with Crippen molar-refractivity contribution in [3.63, 3.8) is 0 Å². The lowest BCUT2D eigenvalue weighted by Crippen LogP contribution is -2.36. The highest BCUT2D eigenvalue weighted by Gasteiger charge is 2.34. The highest BCUT2D eigenvalue weighted by atomic mass is 35.5. The molecule has 9 heteroatoms. The van der Waals surface area contributed by atoms with Crippen LogP contribution >= 0.6 is 23.4 Å². The molecule has 28 heavy (non-hydrogen) atoms. The van der Waals surface area contributed by atoms with E-state index >= 15 is 0 Å². The maximum absolute atomic E-state index is 13.4. The number of carbonyl (C=O) groups excluding carboxylic acids is 1. The number of hydrogen-bond acceptors (Lipinski definition) is 6. The second-order valence-corrected chi connectivity index (χ2v) is 7.23. The van der Waals surface area contributed by atoms with Gasteiger partial charge in [-0.3, -0.25) is 9.69 Å². The summed E-state index contributed by atoms with van der Waals surface area (Å²) < 4.78 is 19.6. The van der Waals surface area contributed by atoms with Gasteiger partial charge in [0, 0.05) is 23.1 Å². The minimum Gasteiger partial charge on any atom is -0.447 e. The molecule has 0 bridgehead atoms. The third-order valence-corrected chi connectivity index (χ3v) is 5.02. The summed E-state index contributed by atoms with van der Waals surface area (Å²) in [6, 6.07) is 10.9. The summed E-state index contributed by atoms with van der Waals surface area (Å²) in [6.45, 7) is 1.43. The van der Waals surface area contributed by atoms with Crippen molar-refractivity contribution < 1.29 is 13.9 Å². The lowest BCUT2D eigenvalue weighted by molar-refractivity contribution is -0.118. The smallest absolute Gasteiger partial charge is 0.247 e. The molecule has 1 aliphatic rings. The second-order valence-electron chi connectivity index (χ2n) is 6.02. The van der Waals surface area contributed by atoms with Crippen LogP contribution in [0.15, 0.2) is 47.6 Å². The van der Waals surface area contributed by atoms with Crippen LogP contribution in [-0.4, -0.2) is 27.3 Å². The zero-order valence-electron chi connectivity index (χ0n) is 14.9. The summed E-state index contributed by atoms with van der Waals surface area (Å²) in [5.74, 6) is -0.419. The molecule has 2 heterocycles. The predicted molar refractivity (Wildman–Crippen MR) is 105 cm³/mol. The third-order valence-electron chi connectivity index (χ3n) is 4.24. The first-order valence-electron chi connectivity index (χ1n) is 8.28. The monoisotopic (exact) mass is 416 g/mol. The zero-order chi connectivity index (χ0) is 19.8. The number of benzene rings is 2. The Morgan fingerprint density at radius 2 is 1.96 bits per heavy atom. The van der Waals surface area contributed by atoms with Crippen molar-refractivity contribution in [1.29, 1.82) is 0 Å². The first kappa shape index (κ1) is 18.6. The lowest BCUT2D eigenvalue weighted by Gasteiger charge is -2.29. The number of thioether (sulfide) groups is 1. The van der Waals surface area contributed by atoms with E-state index in [4.69, 9.17) is 16.3 Å². The number of fused-ring (bicyclic) bond motifs is 3. The van der Waals surface area contributed by atoms with Crippen molar-refractivity contribution in [2.75, 3.05) is 11.2 Å². The van der Waals surface area contributed by atoms with Crippen molar-refractivity contribution in [3.8, 4) is 17.1 Å². The molecule has 3 aromatic rings. The molecular formula is C19H14ClFN4O2S. The molecule has 0 saturated heterocycles. The Kier molecular flexibility index (Phi) is 4.91. The Bertz CT molecular complexity index is 1060. The summed E-state index contributed by atoms with van der Waals surface area (Å²) in [5.41, 5.74) is 2.11. The Labute approximate surface area is 169 Å². The van der Waals surface area contributed by atoms with Crippen LogP contribution in [0.1, 0.15) is 18.7 Å². The van der Waals surface area contributed by atoms with E-state index < -0.39 is 6.23 Å². The van der Waals surface area contributed by atoms with E-state index in [1.54, 1.807) is 30.3 Å². The number of aromatic nitrogens is 3. The van der Waals surface area contributed by atoms with Gasteiger partial charge in [-0.05, 0) is 36.6 Å². The van der Waals surface area contributed by atoms with Gasteiger partial charge in [0.05, 0.1) is 5.69 Å². The molecule has 0 saturated carbocycles. The van der Waals surface area contributed by atoms with E-state index in [1.807, 2.05) is 6.26 Å². The maximum atomic E-state index is 13.4. The summed E-state index contributed by atoms with van der Waals surface area (Å²) in [6.07, 6.45) is 0.968. The highest BCUT2D eigenvalue weighted by Crippen LogP contribution is 2.44. The zero-order valence-corrected chi connectivity index (χ0v) is 16.5. The molecule has 1 amide bonds. The summed E-state index contributed by atoms with van der Waals surface area (Å²) in [5, 5.41) is 9.24. The van der Waals surface area contributed by atoms with Gasteiger partial charge in [0.1, 0.15) is 5.82 Å². The SMILES string of the molecule is CSc1nnc2c(n1)O[C@H](c1ccc(F)cc1)N(C(C)=O)c1ccc(Cl)cc1-2. The molecule has 0 N–H and O–H groups in total. The molecule has 142 valence electrons. The van der Waals surface area contributed by atoms with Gasteiger partial charge in [0.2, 0.25) is 23.2 Å². The summed E-state index contributed by atoms with van der Waals surface area (Å²) >= 11 is 7.51. The van der Waals surface area contributed by atoms with E-state index in [-0.39, 0.29) is 17.6 Å². The molecule has 0 radical (unpaired) electrons. The number of halogens is 2. The van der Waals surface area contributed by atoms with Crippen molar-refractivity contribution in [2.45, 2.75) is 18.3 Å². The van der Waals surface area contributed by atoms with Crippen LogP contribution in [0.5, 0.6) is 5.88 Å². The molecule has 2 aromatic carbocycles. The van der Waals surface area contributed by atoms with Crippen molar-refractivity contribution in [3.05, 3.63) is 58.9 Å². The first-order valence-corrected chi connectivity index (χ1v) is 9.88. The van der Waals surface area contributed by atoms with Crippen LogP contribution in [0.2, 0.25) is 5.02 Å². The minimum absolute atomic E-state index is 0.223. The number of anilines is 1. The quantitative estimate of drug-likeness (QED) is 0.573. The first-order chi connectivity index (χ1) is 13.5. The lowest BCUT2D eigenvalue weighted by atomic mass is 10.1. The molecule has 1 aliphatic heterocycles. The van der Waals surface area contributed by atoms with Crippen LogP contribution in [0.25, 0.3) is 11.3 Å². The van der Waals surface area contributed by atoms with Crippen LogP contribution in [0, 0.1) is 5.82 Å². The summed E-state index contributed by atoms with van der Waals surface area (Å²) in [4.78, 5) is 18.5. The van der Waals surface area contributed by atoms with Gasteiger partial charge in [-0.1, -0.05) is 35.5 Å². The molecule has 6 nitrogen and oxygen atoms in total. The largest absolute Gasteiger partial charge is 0.447 e. The topological polar surface area (TPSA) is 68.2 Å².